The monoisotopic (exact) mass is 257 g/mol. The van der Waals surface area contributed by atoms with Crippen molar-refractivity contribution in [1.29, 1.82) is 0 Å². The molecule has 0 aliphatic carbocycles. The highest BCUT2D eigenvalue weighted by molar-refractivity contribution is 7.89. The number of nitrogens with zero attached hydrogens (tertiary/aromatic N) is 3. The topological polar surface area (TPSA) is 64.8 Å². The number of hydrogen-bond donors (Lipinski definition) is 0. The molecule has 0 aliphatic rings. The fourth-order valence-corrected chi connectivity index (χ4v) is 1.74. The summed E-state index contributed by atoms with van der Waals surface area (Å²) < 4.78 is 23.4. The Morgan fingerprint density at radius 3 is 2.24 bits per heavy atom. The van der Waals surface area contributed by atoms with Crippen molar-refractivity contribution in [1.82, 2.24) is 13.9 Å². The van der Waals surface area contributed by atoms with Gasteiger partial charge in [-0.25, -0.2) is 22.4 Å². The molecule has 0 atom stereocenters. The normalized spacial score (nSPS) is 9.94. The summed E-state index contributed by atoms with van der Waals surface area (Å²) in [6.45, 7) is 8.00. The van der Waals surface area contributed by atoms with Crippen molar-refractivity contribution in [2.75, 3.05) is 6.26 Å². The van der Waals surface area contributed by atoms with E-state index in [9.17, 15) is 8.42 Å². The van der Waals surface area contributed by atoms with Gasteiger partial charge in [0.15, 0.2) is 5.65 Å². The number of aromatic nitrogens is 3. The summed E-state index contributed by atoms with van der Waals surface area (Å²) in [5, 5.41) is 0. The molecular formula is C11H19N3O2S. The lowest BCUT2D eigenvalue weighted by Gasteiger charge is -1.97. The Morgan fingerprint density at radius 1 is 1.12 bits per heavy atom. The zero-order chi connectivity index (χ0) is 13.5. The van der Waals surface area contributed by atoms with Crippen LogP contribution in [0.4, 0.5) is 0 Å². The van der Waals surface area contributed by atoms with E-state index in [1.807, 2.05) is 27.7 Å². The van der Waals surface area contributed by atoms with E-state index in [1.165, 1.54) is 12.5 Å². The number of rotatable bonds is 1. The Hall–Kier alpha value is -1.43. The van der Waals surface area contributed by atoms with Gasteiger partial charge >= 0.3 is 0 Å². The molecular weight excluding hydrogens is 238 g/mol. The van der Waals surface area contributed by atoms with Crippen LogP contribution in [0.3, 0.4) is 0 Å². The van der Waals surface area contributed by atoms with Gasteiger partial charge in [0.2, 0.25) is 10.0 Å². The second-order valence-electron chi connectivity index (χ2n) is 2.65. The van der Waals surface area contributed by atoms with Crippen molar-refractivity contribution >= 4 is 21.2 Å². The summed E-state index contributed by atoms with van der Waals surface area (Å²) in [6.07, 6.45) is 3.90. The molecule has 17 heavy (non-hydrogen) atoms. The van der Waals surface area contributed by atoms with E-state index in [1.54, 1.807) is 12.1 Å². The molecule has 0 N–H and O–H groups in total. The van der Waals surface area contributed by atoms with Gasteiger partial charge in [-0.3, -0.25) is 0 Å². The van der Waals surface area contributed by atoms with Crippen LogP contribution < -0.4 is 0 Å². The molecule has 0 aromatic carbocycles. The van der Waals surface area contributed by atoms with Crippen molar-refractivity contribution in [3.8, 4) is 0 Å². The molecule has 0 spiro atoms. The number of imidazole rings is 1. The molecule has 0 amide bonds. The smallest absolute Gasteiger partial charge is 0.236 e. The highest BCUT2D eigenvalue weighted by Crippen LogP contribution is 2.09. The molecule has 0 unspecified atom stereocenters. The predicted molar refractivity (Wildman–Crippen MR) is 70.5 cm³/mol. The summed E-state index contributed by atoms with van der Waals surface area (Å²) in [5.74, 6) is 0. The van der Waals surface area contributed by atoms with E-state index in [-0.39, 0.29) is 0 Å². The van der Waals surface area contributed by atoms with Crippen LogP contribution in [0.15, 0.2) is 24.7 Å². The van der Waals surface area contributed by atoms with E-state index in [4.69, 9.17) is 0 Å². The molecule has 0 saturated heterocycles. The van der Waals surface area contributed by atoms with Crippen LogP contribution in [0.5, 0.6) is 0 Å². The van der Waals surface area contributed by atoms with E-state index in [0.717, 1.165) is 10.2 Å². The molecule has 0 fully saturated rings. The zero-order valence-corrected chi connectivity index (χ0v) is 11.7. The molecule has 2 heterocycles. The Balaban J connectivity index is 0.000000581. The number of hydrogen-bond acceptors (Lipinski definition) is 4. The van der Waals surface area contributed by atoms with E-state index >= 15 is 0 Å². The Bertz CT molecular complexity index is 547. The summed E-state index contributed by atoms with van der Waals surface area (Å²) in [6, 6.07) is 3.42. The van der Waals surface area contributed by atoms with Crippen molar-refractivity contribution in [3.05, 3.63) is 24.7 Å². The van der Waals surface area contributed by atoms with Crippen LogP contribution in [0.2, 0.25) is 0 Å². The maximum atomic E-state index is 11.2. The zero-order valence-electron chi connectivity index (χ0n) is 10.9. The fourth-order valence-electron chi connectivity index (χ4n) is 1.07. The SMILES string of the molecule is CC.CC.CS(=O)(=O)n1cnc2cccnc21. The van der Waals surface area contributed by atoms with E-state index < -0.39 is 10.0 Å². The van der Waals surface area contributed by atoms with Gasteiger partial charge in [0.25, 0.3) is 0 Å². The van der Waals surface area contributed by atoms with E-state index in [2.05, 4.69) is 9.97 Å². The minimum Gasteiger partial charge on any atom is -0.236 e. The fraction of sp³-hybridized carbons (Fsp3) is 0.455. The Kier molecular flexibility index (Phi) is 6.42. The quantitative estimate of drug-likeness (QED) is 0.786. The molecule has 2 aromatic rings. The minimum absolute atomic E-state index is 0.366. The average molecular weight is 257 g/mol. The first kappa shape index (κ1) is 15.6. The summed E-state index contributed by atoms with van der Waals surface area (Å²) in [7, 11) is -3.29. The molecule has 96 valence electrons. The van der Waals surface area contributed by atoms with Crippen LogP contribution in [-0.4, -0.2) is 28.6 Å². The minimum atomic E-state index is -3.29. The van der Waals surface area contributed by atoms with Crippen LogP contribution in [-0.2, 0) is 10.0 Å². The second-order valence-corrected chi connectivity index (χ2v) is 4.51. The van der Waals surface area contributed by atoms with Gasteiger partial charge in [0.1, 0.15) is 11.8 Å². The lowest BCUT2D eigenvalue weighted by molar-refractivity contribution is 0.594. The predicted octanol–water partition coefficient (Wildman–Crippen LogP) is 2.29. The van der Waals surface area contributed by atoms with Gasteiger partial charge in [0.05, 0.1) is 6.26 Å². The summed E-state index contributed by atoms with van der Waals surface area (Å²) in [5.41, 5.74) is 0.943. The highest BCUT2D eigenvalue weighted by Gasteiger charge is 2.10. The summed E-state index contributed by atoms with van der Waals surface area (Å²) >= 11 is 0. The first-order chi connectivity index (χ1) is 8.09. The molecule has 0 aliphatic heterocycles. The largest absolute Gasteiger partial charge is 0.238 e. The molecule has 2 aromatic heterocycles. The average Bonchev–Trinajstić information content (AvgIpc) is 2.77. The highest BCUT2D eigenvalue weighted by atomic mass is 32.2. The van der Waals surface area contributed by atoms with Gasteiger partial charge in [-0.1, -0.05) is 27.7 Å². The molecule has 5 nitrogen and oxygen atoms in total. The van der Waals surface area contributed by atoms with Gasteiger partial charge in [-0.2, -0.15) is 0 Å². The molecule has 2 rings (SSSR count). The van der Waals surface area contributed by atoms with Crippen LogP contribution in [0.1, 0.15) is 27.7 Å². The third-order valence-corrected chi connectivity index (χ3v) is 2.62. The van der Waals surface area contributed by atoms with Gasteiger partial charge < -0.3 is 0 Å². The number of fused-ring (bicyclic) bond motifs is 1. The van der Waals surface area contributed by atoms with Crippen molar-refractivity contribution in [2.45, 2.75) is 27.7 Å². The molecule has 0 radical (unpaired) electrons. The molecule has 0 saturated carbocycles. The Labute approximate surface area is 103 Å². The van der Waals surface area contributed by atoms with Crippen LogP contribution in [0.25, 0.3) is 11.2 Å². The van der Waals surface area contributed by atoms with Gasteiger partial charge in [0, 0.05) is 6.20 Å². The van der Waals surface area contributed by atoms with Gasteiger partial charge in [-0.05, 0) is 12.1 Å². The lowest BCUT2D eigenvalue weighted by atomic mass is 10.4. The third-order valence-electron chi connectivity index (χ3n) is 1.63. The van der Waals surface area contributed by atoms with Crippen molar-refractivity contribution in [2.24, 2.45) is 0 Å². The lowest BCUT2D eigenvalue weighted by Crippen LogP contribution is -2.08. The maximum absolute atomic E-state index is 11.2. The molecule has 0 bridgehead atoms. The Morgan fingerprint density at radius 2 is 1.71 bits per heavy atom. The third kappa shape index (κ3) is 3.81. The van der Waals surface area contributed by atoms with Crippen LogP contribution in [0, 0.1) is 0 Å². The first-order valence-electron chi connectivity index (χ1n) is 5.57. The van der Waals surface area contributed by atoms with Gasteiger partial charge in [-0.15, -0.1) is 0 Å². The second kappa shape index (κ2) is 7.01. The van der Waals surface area contributed by atoms with Crippen molar-refractivity contribution in [3.63, 3.8) is 0 Å². The first-order valence-corrected chi connectivity index (χ1v) is 7.42. The maximum Gasteiger partial charge on any atom is 0.238 e. The van der Waals surface area contributed by atoms with Crippen molar-refractivity contribution < 1.29 is 8.42 Å². The van der Waals surface area contributed by atoms with E-state index in [0.29, 0.717) is 11.2 Å². The summed E-state index contributed by atoms with van der Waals surface area (Å²) in [4.78, 5) is 7.84. The standard InChI is InChI=1S/C7H7N3O2S.2C2H6/c1-13(11,12)10-5-9-6-3-2-4-8-7(6)10;2*1-2/h2-5H,1H3;2*1-2H3. The molecule has 6 heteroatoms. The number of pyridine rings is 1. The van der Waals surface area contributed by atoms with Crippen LogP contribution >= 0.6 is 0 Å².